The maximum absolute atomic E-state index is 13.2. The van der Waals surface area contributed by atoms with E-state index in [4.69, 9.17) is 9.47 Å². The Kier molecular flexibility index (Phi) is 6.76. The fraction of sp³-hybridized carbons (Fsp3) is 0.261. The summed E-state index contributed by atoms with van der Waals surface area (Å²) in [6, 6.07) is 10.4. The van der Waals surface area contributed by atoms with Gasteiger partial charge in [-0.1, -0.05) is 51.4 Å². The number of hydrogen-bond donors (Lipinski definition) is 0. The zero-order valence-electron chi connectivity index (χ0n) is 18.9. The maximum atomic E-state index is 13.2. The number of esters is 1. The van der Waals surface area contributed by atoms with Crippen molar-refractivity contribution in [2.75, 3.05) is 17.8 Å². The summed E-state index contributed by atoms with van der Waals surface area (Å²) in [5, 5.41) is 18.1. The van der Waals surface area contributed by atoms with Gasteiger partial charge in [-0.05, 0) is 30.0 Å². The molecule has 176 valence electrons. The number of aromatic nitrogens is 3. The smallest absolute Gasteiger partial charge is 0.308 e. The van der Waals surface area contributed by atoms with E-state index < -0.39 is 18.0 Å². The van der Waals surface area contributed by atoms with Crippen LogP contribution in [-0.4, -0.2) is 34.8 Å². The molecule has 0 radical (unpaired) electrons. The first-order valence-corrected chi connectivity index (χ1v) is 12.1. The normalized spacial score (nSPS) is 14.3. The van der Waals surface area contributed by atoms with Crippen LogP contribution in [0.25, 0.3) is 11.3 Å². The second kappa shape index (κ2) is 9.59. The predicted molar refractivity (Wildman–Crippen MR) is 127 cm³/mol. The van der Waals surface area contributed by atoms with Gasteiger partial charge in [0.1, 0.15) is 0 Å². The Bertz CT molecular complexity index is 1300. The number of rotatable bonds is 5. The molecule has 11 heteroatoms. The van der Waals surface area contributed by atoms with Crippen molar-refractivity contribution in [3.8, 4) is 28.6 Å². The van der Waals surface area contributed by atoms with Crippen molar-refractivity contribution in [2.24, 2.45) is 0 Å². The molecule has 3 aromatic rings. The summed E-state index contributed by atoms with van der Waals surface area (Å²) in [6.07, 6.45) is -0.949. The number of methoxy groups -OCH3 is 1. The number of fused-ring (bicyclic) bond motifs is 3. The lowest BCUT2D eigenvalue weighted by Gasteiger charge is -2.33. The van der Waals surface area contributed by atoms with Crippen LogP contribution in [0.4, 0.5) is 5.69 Å². The van der Waals surface area contributed by atoms with Crippen LogP contribution >= 0.6 is 27.7 Å². The van der Waals surface area contributed by atoms with E-state index in [1.54, 1.807) is 36.4 Å². The largest absolute Gasteiger partial charge is 0.854 e. The van der Waals surface area contributed by atoms with Crippen LogP contribution in [0.15, 0.2) is 46.0 Å². The van der Waals surface area contributed by atoms with E-state index in [2.05, 4.69) is 26.0 Å². The standard InChI is InChI=1S/C23H21BrN4O5S/c1-5-34-23-25-21(31)19-15-8-6-7-9-17(15)27(12(2)29)22(28(19)26-23)16-10-14(24)11-18(32-4)20(16)33-13(3)30/h6-11,22H,5H2,1-4H3. The highest BCUT2D eigenvalue weighted by atomic mass is 79.9. The fourth-order valence-electron chi connectivity index (χ4n) is 3.93. The van der Waals surface area contributed by atoms with Crippen molar-refractivity contribution in [3.05, 3.63) is 46.4 Å². The number of thioether (sulfide) groups is 1. The molecule has 0 saturated carbocycles. The quantitative estimate of drug-likeness (QED) is 0.208. The third-order valence-corrected chi connectivity index (χ3v) is 6.30. The lowest BCUT2D eigenvalue weighted by Crippen LogP contribution is -2.58. The molecule has 0 N–H and O–H groups in total. The predicted octanol–water partition coefficient (Wildman–Crippen LogP) is 3.23. The van der Waals surface area contributed by atoms with Crippen LogP contribution < -0.4 is 24.2 Å². The van der Waals surface area contributed by atoms with Crippen molar-refractivity contribution in [2.45, 2.75) is 32.1 Å². The van der Waals surface area contributed by atoms with Crippen LogP contribution in [0, 0.1) is 0 Å². The number of nitrogens with zero attached hydrogens (tertiary/aromatic N) is 4. The molecule has 1 amide bonds. The molecule has 1 unspecified atom stereocenters. The van der Waals surface area contributed by atoms with Gasteiger partial charge in [-0.25, -0.2) is 9.88 Å². The van der Waals surface area contributed by atoms with Gasteiger partial charge in [-0.3, -0.25) is 9.59 Å². The Morgan fingerprint density at radius 2 is 2.00 bits per heavy atom. The molecule has 1 atom stereocenters. The molecule has 0 spiro atoms. The molecule has 2 aromatic carbocycles. The monoisotopic (exact) mass is 544 g/mol. The van der Waals surface area contributed by atoms with Gasteiger partial charge >= 0.3 is 5.97 Å². The van der Waals surface area contributed by atoms with Crippen LogP contribution in [0.5, 0.6) is 17.4 Å². The third kappa shape index (κ3) is 4.21. The first kappa shape index (κ1) is 24.0. The lowest BCUT2D eigenvalue weighted by molar-refractivity contribution is -0.764. The third-order valence-electron chi connectivity index (χ3n) is 5.12. The number of carbonyl (C=O) groups excluding carboxylic acids is 2. The molecule has 0 saturated heterocycles. The summed E-state index contributed by atoms with van der Waals surface area (Å²) < 4.78 is 13.1. The average Bonchev–Trinajstić information content (AvgIpc) is 2.78. The molecule has 1 aliphatic rings. The summed E-state index contributed by atoms with van der Waals surface area (Å²) in [5.74, 6) is -0.264. The number of para-hydroxylation sites is 1. The van der Waals surface area contributed by atoms with Crippen molar-refractivity contribution in [1.29, 1.82) is 0 Å². The van der Waals surface area contributed by atoms with E-state index in [0.29, 0.717) is 27.0 Å². The molecule has 0 aliphatic carbocycles. The van der Waals surface area contributed by atoms with Gasteiger partial charge in [0, 0.05) is 23.4 Å². The zero-order valence-corrected chi connectivity index (χ0v) is 21.3. The van der Waals surface area contributed by atoms with E-state index >= 15 is 0 Å². The molecule has 34 heavy (non-hydrogen) atoms. The minimum Gasteiger partial charge on any atom is -0.854 e. The number of carbonyl (C=O) groups is 2. The fourth-order valence-corrected chi connectivity index (χ4v) is 4.94. The van der Waals surface area contributed by atoms with Gasteiger partial charge in [0.2, 0.25) is 5.91 Å². The Balaban J connectivity index is 2.12. The first-order valence-electron chi connectivity index (χ1n) is 10.4. The Labute approximate surface area is 208 Å². The van der Waals surface area contributed by atoms with E-state index in [1.165, 1.54) is 42.3 Å². The van der Waals surface area contributed by atoms with E-state index in [0.717, 1.165) is 0 Å². The van der Waals surface area contributed by atoms with E-state index in [-0.39, 0.29) is 28.3 Å². The van der Waals surface area contributed by atoms with Gasteiger partial charge in [0.05, 0.1) is 29.8 Å². The first-order chi connectivity index (χ1) is 16.3. The molecule has 4 rings (SSSR count). The molecule has 0 fully saturated rings. The summed E-state index contributed by atoms with van der Waals surface area (Å²) in [4.78, 5) is 30.7. The molecule has 0 bridgehead atoms. The van der Waals surface area contributed by atoms with Crippen LogP contribution in [0.2, 0.25) is 0 Å². The van der Waals surface area contributed by atoms with Gasteiger partial charge in [0.15, 0.2) is 11.5 Å². The summed E-state index contributed by atoms with van der Waals surface area (Å²) in [6.45, 7) is 4.63. The Morgan fingerprint density at radius 1 is 1.26 bits per heavy atom. The highest BCUT2D eigenvalue weighted by Gasteiger charge is 2.46. The second-order valence-corrected chi connectivity index (χ2v) is 9.47. The summed E-state index contributed by atoms with van der Waals surface area (Å²) >= 11 is 4.78. The van der Waals surface area contributed by atoms with Gasteiger partial charge in [-0.2, -0.15) is 0 Å². The number of hydrogen-bond acceptors (Lipinski definition) is 8. The zero-order chi connectivity index (χ0) is 24.6. The van der Waals surface area contributed by atoms with Crippen LogP contribution in [0.1, 0.15) is 32.5 Å². The average molecular weight is 545 g/mol. The molecular formula is C23H21BrN4O5S. The van der Waals surface area contributed by atoms with Crippen molar-refractivity contribution in [1.82, 2.24) is 10.1 Å². The minimum atomic E-state index is -0.949. The number of ether oxygens (including phenoxy) is 2. The number of anilines is 1. The van der Waals surface area contributed by atoms with Crippen molar-refractivity contribution in [3.63, 3.8) is 0 Å². The SMILES string of the molecule is CCSc1nc([O-])c2[n+](n1)C(c1cc(Br)cc(OC)c1OC(C)=O)N(C(C)=O)c1ccccc1-2. The molecule has 9 nitrogen and oxygen atoms in total. The molecule has 2 heterocycles. The maximum Gasteiger partial charge on any atom is 0.308 e. The van der Waals surface area contributed by atoms with E-state index in [9.17, 15) is 14.7 Å². The topological polar surface area (TPSA) is 109 Å². The Morgan fingerprint density at radius 3 is 2.65 bits per heavy atom. The Hall–Kier alpha value is -3.18. The van der Waals surface area contributed by atoms with Crippen molar-refractivity contribution < 1.29 is 28.9 Å². The number of amides is 1. The second-order valence-electron chi connectivity index (χ2n) is 7.33. The number of halogens is 1. The van der Waals surface area contributed by atoms with Gasteiger partial charge in [-0.15, -0.1) is 0 Å². The number of benzene rings is 2. The lowest BCUT2D eigenvalue weighted by atomic mass is 10.0. The highest BCUT2D eigenvalue weighted by molar-refractivity contribution is 9.10. The van der Waals surface area contributed by atoms with Gasteiger partial charge < -0.3 is 14.6 Å². The molecule has 1 aromatic heterocycles. The highest BCUT2D eigenvalue weighted by Crippen LogP contribution is 2.45. The molecular weight excluding hydrogens is 524 g/mol. The summed E-state index contributed by atoms with van der Waals surface area (Å²) in [7, 11) is 1.45. The summed E-state index contributed by atoms with van der Waals surface area (Å²) in [5.41, 5.74) is 1.68. The van der Waals surface area contributed by atoms with Crippen LogP contribution in [0.3, 0.4) is 0 Å². The molecule has 1 aliphatic heterocycles. The minimum absolute atomic E-state index is 0.128. The van der Waals surface area contributed by atoms with Crippen molar-refractivity contribution >= 4 is 45.3 Å². The van der Waals surface area contributed by atoms with Gasteiger partial charge in [0.25, 0.3) is 17.0 Å². The van der Waals surface area contributed by atoms with Crippen LogP contribution in [-0.2, 0) is 9.59 Å². The van der Waals surface area contributed by atoms with E-state index in [1.807, 2.05) is 6.92 Å².